The summed E-state index contributed by atoms with van der Waals surface area (Å²) < 4.78 is 0.179. The Morgan fingerprint density at radius 2 is 2.06 bits per heavy atom. The lowest BCUT2D eigenvalue weighted by Gasteiger charge is -2.24. The number of carbonyl (C=O) groups excluding carboxylic acids is 1. The molecule has 1 amide bonds. The van der Waals surface area contributed by atoms with Crippen molar-refractivity contribution >= 4 is 17.7 Å². The molecule has 4 heteroatoms. The molecule has 0 saturated carbocycles. The molecule has 0 rings (SSSR count). The molecule has 3 nitrogen and oxygen atoms in total. The molecule has 2 N–H and O–H groups in total. The zero-order valence-corrected chi connectivity index (χ0v) is 12.0. The molecule has 0 aromatic heterocycles. The highest BCUT2D eigenvalue weighted by Crippen LogP contribution is 2.19. The Morgan fingerprint density at radius 1 is 1.44 bits per heavy atom. The Hall–Kier alpha value is -0.220. The van der Waals surface area contributed by atoms with E-state index in [9.17, 15) is 4.79 Å². The Kier molecular flexibility index (Phi) is 7.85. The van der Waals surface area contributed by atoms with Crippen LogP contribution in [0, 0.1) is 0 Å². The number of hydrogen-bond acceptors (Lipinski definition) is 3. The number of carbonyl (C=O) groups is 1. The molecule has 0 saturated heterocycles. The van der Waals surface area contributed by atoms with E-state index in [1.807, 2.05) is 18.7 Å². The van der Waals surface area contributed by atoms with E-state index in [4.69, 9.17) is 0 Å². The van der Waals surface area contributed by atoms with E-state index in [2.05, 4.69) is 37.7 Å². The molecule has 0 aromatic carbocycles. The minimum Gasteiger partial charge on any atom is -0.355 e. The highest BCUT2D eigenvalue weighted by atomic mass is 32.2. The molecule has 0 aromatic rings. The molecular weight excluding hydrogens is 220 g/mol. The maximum absolute atomic E-state index is 11.6. The molecule has 1 atom stereocenters. The maximum atomic E-state index is 11.6. The van der Waals surface area contributed by atoms with Crippen LogP contribution in [0.4, 0.5) is 0 Å². The van der Waals surface area contributed by atoms with Gasteiger partial charge in [0.05, 0.1) is 6.04 Å². The van der Waals surface area contributed by atoms with Gasteiger partial charge in [0.1, 0.15) is 0 Å². The van der Waals surface area contributed by atoms with Crippen molar-refractivity contribution in [2.24, 2.45) is 0 Å². The standard InChI is InChI=1S/C12H26N2OS/c1-6-7-8-13-11(15)10(2)14-9-12(3,4)16-5/h10,14H,6-9H2,1-5H3,(H,13,15). The van der Waals surface area contributed by atoms with Crippen LogP contribution in [0.2, 0.25) is 0 Å². The monoisotopic (exact) mass is 246 g/mol. The van der Waals surface area contributed by atoms with Crippen LogP contribution < -0.4 is 10.6 Å². The van der Waals surface area contributed by atoms with Crippen LogP contribution in [0.1, 0.15) is 40.5 Å². The molecule has 0 aliphatic heterocycles. The van der Waals surface area contributed by atoms with Gasteiger partial charge in [-0.05, 0) is 33.4 Å². The zero-order chi connectivity index (χ0) is 12.6. The van der Waals surface area contributed by atoms with Crippen molar-refractivity contribution in [1.82, 2.24) is 10.6 Å². The Labute approximate surface area is 104 Å². The minimum atomic E-state index is -0.108. The van der Waals surface area contributed by atoms with Crippen LogP contribution in [-0.4, -0.2) is 36.0 Å². The van der Waals surface area contributed by atoms with Gasteiger partial charge in [-0.1, -0.05) is 13.3 Å². The van der Waals surface area contributed by atoms with Gasteiger partial charge < -0.3 is 10.6 Å². The summed E-state index contributed by atoms with van der Waals surface area (Å²) in [6.45, 7) is 10.0. The van der Waals surface area contributed by atoms with Crippen LogP contribution in [0.15, 0.2) is 0 Å². The van der Waals surface area contributed by atoms with Gasteiger partial charge in [-0.2, -0.15) is 11.8 Å². The first kappa shape index (κ1) is 15.8. The SMILES string of the molecule is CCCCNC(=O)C(C)NCC(C)(C)SC. The summed E-state index contributed by atoms with van der Waals surface area (Å²) in [7, 11) is 0. The fourth-order valence-corrected chi connectivity index (χ4v) is 1.33. The van der Waals surface area contributed by atoms with Gasteiger partial charge in [0.25, 0.3) is 0 Å². The van der Waals surface area contributed by atoms with Crippen LogP contribution in [0.25, 0.3) is 0 Å². The van der Waals surface area contributed by atoms with Crippen molar-refractivity contribution in [3.63, 3.8) is 0 Å². The summed E-state index contributed by atoms with van der Waals surface area (Å²) in [6.07, 6.45) is 4.25. The third-order valence-corrected chi connectivity index (χ3v) is 3.86. The number of hydrogen-bond donors (Lipinski definition) is 2. The molecular formula is C12H26N2OS. The van der Waals surface area contributed by atoms with E-state index in [-0.39, 0.29) is 16.7 Å². The Bertz CT molecular complexity index is 207. The summed E-state index contributed by atoms with van der Waals surface area (Å²) in [5.74, 6) is 0.102. The normalized spacial score (nSPS) is 13.6. The third-order valence-electron chi connectivity index (χ3n) is 2.61. The molecule has 96 valence electrons. The average molecular weight is 246 g/mol. The minimum absolute atomic E-state index is 0.102. The number of rotatable bonds is 8. The number of nitrogens with one attached hydrogen (secondary N) is 2. The average Bonchev–Trinajstić information content (AvgIpc) is 2.26. The van der Waals surface area contributed by atoms with E-state index in [0.717, 1.165) is 25.9 Å². The summed E-state index contributed by atoms with van der Waals surface area (Å²) in [5.41, 5.74) is 0. The lowest BCUT2D eigenvalue weighted by molar-refractivity contribution is -0.122. The highest BCUT2D eigenvalue weighted by molar-refractivity contribution is 7.99. The Balaban J connectivity index is 3.79. The van der Waals surface area contributed by atoms with Crippen molar-refractivity contribution in [3.05, 3.63) is 0 Å². The first-order valence-electron chi connectivity index (χ1n) is 5.99. The summed E-state index contributed by atoms with van der Waals surface area (Å²) in [5, 5.41) is 6.20. The van der Waals surface area contributed by atoms with E-state index < -0.39 is 0 Å². The van der Waals surface area contributed by atoms with Gasteiger partial charge in [0, 0.05) is 17.8 Å². The van der Waals surface area contributed by atoms with Gasteiger partial charge in [-0.25, -0.2) is 0 Å². The first-order valence-corrected chi connectivity index (χ1v) is 7.21. The van der Waals surface area contributed by atoms with Gasteiger partial charge in [0.2, 0.25) is 5.91 Å². The smallest absolute Gasteiger partial charge is 0.236 e. The van der Waals surface area contributed by atoms with E-state index >= 15 is 0 Å². The molecule has 16 heavy (non-hydrogen) atoms. The highest BCUT2D eigenvalue weighted by Gasteiger charge is 2.19. The quantitative estimate of drug-likeness (QED) is 0.644. The van der Waals surface area contributed by atoms with Crippen LogP contribution in [-0.2, 0) is 4.79 Å². The lowest BCUT2D eigenvalue weighted by Crippen LogP contribution is -2.46. The van der Waals surface area contributed by atoms with Gasteiger partial charge >= 0.3 is 0 Å². The lowest BCUT2D eigenvalue weighted by atomic mass is 10.2. The second-order valence-corrected chi connectivity index (χ2v) is 6.22. The second-order valence-electron chi connectivity index (χ2n) is 4.71. The second kappa shape index (κ2) is 7.96. The van der Waals surface area contributed by atoms with Crippen molar-refractivity contribution in [2.75, 3.05) is 19.3 Å². The number of unbranched alkanes of at least 4 members (excludes halogenated alkanes) is 1. The zero-order valence-electron chi connectivity index (χ0n) is 11.2. The summed E-state index contributed by atoms with van der Waals surface area (Å²) >= 11 is 1.81. The van der Waals surface area contributed by atoms with Gasteiger partial charge in [-0.15, -0.1) is 0 Å². The maximum Gasteiger partial charge on any atom is 0.236 e. The summed E-state index contributed by atoms with van der Waals surface area (Å²) in [4.78, 5) is 11.6. The fraction of sp³-hybridized carbons (Fsp3) is 0.917. The molecule has 0 fully saturated rings. The Morgan fingerprint density at radius 3 is 2.56 bits per heavy atom. The largest absolute Gasteiger partial charge is 0.355 e. The number of amides is 1. The van der Waals surface area contributed by atoms with Crippen LogP contribution in [0.3, 0.4) is 0 Å². The molecule has 0 bridgehead atoms. The van der Waals surface area contributed by atoms with E-state index in [0.29, 0.717) is 0 Å². The van der Waals surface area contributed by atoms with Crippen molar-refractivity contribution < 1.29 is 4.79 Å². The topological polar surface area (TPSA) is 41.1 Å². The molecule has 0 radical (unpaired) electrons. The van der Waals surface area contributed by atoms with Crippen molar-refractivity contribution in [2.45, 2.75) is 51.3 Å². The molecule has 0 aliphatic rings. The van der Waals surface area contributed by atoms with E-state index in [1.165, 1.54) is 0 Å². The first-order chi connectivity index (χ1) is 7.43. The van der Waals surface area contributed by atoms with E-state index in [1.54, 1.807) is 0 Å². The fourth-order valence-electron chi connectivity index (χ4n) is 1.11. The van der Waals surface area contributed by atoms with Gasteiger partial charge in [-0.3, -0.25) is 4.79 Å². The van der Waals surface area contributed by atoms with Crippen LogP contribution >= 0.6 is 11.8 Å². The van der Waals surface area contributed by atoms with Gasteiger partial charge in [0.15, 0.2) is 0 Å². The predicted octanol–water partition coefficient (Wildman–Crippen LogP) is 2.02. The van der Waals surface area contributed by atoms with Crippen molar-refractivity contribution in [3.8, 4) is 0 Å². The van der Waals surface area contributed by atoms with Crippen molar-refractivity contribution in [1.29, 1.82) is 0 Å². The van der Waals surface area contributed by atoms with Crippen LogP contribution in [0.5, 0.6) is 0 Å². The molecule has 0 aliphatic carbocycles. The summed E-state index contributed by atoms with van der Waals surface area (Å²) in [6, 6.07) is -0.108. The number of thioether (sulfide) groups is 1. The molecule has 0 heterocycles. The third kappa shape index (κ3) is 7.12. The predicted molar refractivity (Wildman–Crippen MR) is 73.0 cm³/mol. The molecule has 0 spiro atoms. The molecule has 1 unspecified atom stereocenters.